The van der Waals surface area contributed by atoms with E-state index in [1.54, 1.807) is 24.7 Å². The number of carbonyl (C=O) groups excluding carboxylic acids is 1. The van der Waals surface area contributed by atoms with E-state index in [-0.39, 0.29) is 11.7 Å². The van der Waals surface area contributed by atoms with Crippen molar-refractivity contribution >= 4 is 39.2 Å². The molecule has 4 aromatic heterocycles. The lowest BCUT2D eigenvalue weighted by molar-refractivity contribution is -0.115. The van der Waals surface area contributed by atoms with Gasteiger partial charge in [0.2, 0.25) is 5.91 Å². The summed E-state index contributed by atoms with van der Waals surface area (Å²) in [5.74, 6) is -0.373. The van der Waals surface area contributed by atoms with Crippen LogP contribution in [-0.4, -0.2) is 63.1 Å². The fourth-order valence-electron chi connectivity index (χ4n) is 4.99. The number of hydrogen-bond acceptors (Lipinski definition) is 6. The van der Waals surface area contributed by atoms with Crippen LogP contribution in [0.15, 0.2) is 73.2 Å². The Morgan fingerprint density at radius 3 is 2.64 bits per heavy atom. The van der Waals surface area contributed by atoms with E-state index in [9.17, 15) is 9.18 Å². The Kier molecular flexibility index (Phi) is 7.37. The fraction of sp³-hybridized carbons (Fsp3) is 0.188. The van der Waals surface area contributed by atoms with E-state index in [0.717, 1.165) is 62.2 Å². The minimum atomic E-state index is -0.306. The summed E-state index contributed by atoms with van der Waals surface area (Å²) in [4.78, 5) is 26.2. The predicted molar refractivity (Wildman–Crippen MR) is 166 cm³/mol. The van der Waals surface area contributed by atoms with Gasteiger partial charge in [0.25, 0.3) is 0 Å². The highest BCUT2D eigenvalue weighted by Gasteiger charge is 2.16. The Balaban J connectivity index is 1.36. The number of hydrogen-bond donors (Lipinski definition) is 4. The molecule has 0 saturated carbocycles. The minimum Gasteiger partial charge on any atom is -0.384 e. The molecule has 0 aliphatic heterocycles. The predicted octanol–water partition coefficient (Wildman–Crippen LogP) is 6.30. The maximum absolute atomic E-state index is 14.7. The van der Waals surface area contributed by atoms with Gasteiger partial charge in [0.1, 0.15) is 17.2 Å². The van der Waals surface area contributed by atoms with Crippen LogP contribution in [0.25, 0.3) is 55.6 Å². The maximum Gasteiger partial charge on any atom is 0.224 e. The Morgan fingerprint density at radius 1 is 0.952 bits per heavy atom. The molecule has 0 unspecified atom stereocenters. The lowest BCUT2D eigenvalue weighted by Crippen LogP contribution is -2.20. The number of aromatic nitrogens is 5. The van der Waals surface area contributed by atoms with Gasteiger partial charge in [0, 0.05) is 53.9 Å². The quantitative estimate of drug-likeness (QED) is 0.165. The van der Waals surface area contributed by atoms with Crippen molar-refractivity contribution in [1.82, 2.24) is 30.0 Å². The van der Waals surface area contributed by atoms with Gasteiger partial charge in [-0.05, 0) is 79.3 Å². The summed E-state index contributed by atoms with van der Waals surface area (Å²) < 4.78 is 14.7. The number of carbonyl (C=O) groups is 1. The highest BCUT2D eigenvalue weighted by molar-refractivity contribution is 6.01. The first-order valence-corrected chi connectivity index (χ1v) is 13.8. The summed E-state index contributed by atoms with van der Waals surface area (Å²) in [6, 6.07) is 16.8. The summed E-state index contributed by atoms with van der Waals surface area (Å²) in [5, 5.41) is 15.7. The molecular formula is C32H31FN8O. The SMILES string of the molecule is CCC(=O)Nc1cncc(-c2ccc3[nH]nc(-c4cc5c(-c6cc(F)cc(NCCN(C)C)c6)ccnc5[nH]4)c3c2)c1. The van der Waals surface area contributed by atoms with E-state index in [2.05, 4.69) is 46.7 Å². The highest BCUT2D eigenvalue weighted by Crippen LogP contribution is 2.35. The van der Waals surface area contributed by atoms with Crippen molar-refractivity contribution < 1.29 is 9.18 Å². The molecule has 0 fully saturated rings. The minimum absolute atomic E-state index is 0.0663. The summed E-state index contributed by atoms with van der Waals surface area (Å²) in [7, 11) is 4.01. The van der Waals surface area contributed by atoms with Crippen LogP contribution in [-0.2, 0) is 4.79 Å². The third kappa shape index (κ3) is 5.57. The van der Waals surface area contributed by atoms with Crippen molar-refractivity contribution in [3.8, 4) is 33.6 Å². The fourth-order valence-corrected chi connectivity index (χ4v) is 4.99. The normalized spacial score (nSPS) is 11.5. The number of likely N-dealkylation sites (N-methyl/N-ethyl adjacent to an activating group) is 1. The number of amides is 1. The first-order chi connectivity index (χ1) is 20.4. The van der Waals surface area contributed by atoms with Gasteiger partial charge in [-0.15, -0.1) is 0 Å². The standard InChI is InChI=1S/C32H31FN8O/c1-4-30(42)37-24-13-21(17-34-18-24)19-5-6-28-27(14-19)31(40-39-28)29-16-26-25(7-8-36-32(26)38-29)20-11-22(33)15-23(12-20)35-9-10-41(2)3/h5-8,11-18,35H,4,9-10H2,1-3H3,(H,36,38)(H,37,42)(H,39,40). The van der Waals surface area contributed by atoms with E-state index in [0.29, 0.717) is 24.3 Å². The van der Waals surface area contributed by atoms with Gasteiger partial charge in [-0.25, -0.2) is 9.37 Å². The molecule has 0 aliphatic carbocycles. The number of benzene rings is 2. The Hall–Kier alpha value is -5.09. The molecule has 4 heterocycles. The largest absolute Gasteiger partial charge is 0.384 e. The van der Waals surface area contributed by atoms with Crippen LogP contribution in [0.3, 0.4) is 0 Å². The van der Waals surface area contributed by atoms with Crippen molar-refractivity contribution in [2.45, 2.75) is 13.3 Å². The summed E-state index contributed by atoms with van der Waals surface area (Å²) in [6.45, 7) is 3.35. The third-order valence-electron chi connectivity index (χ3n) is 7.12. The zero-order valence-electron chi connectivity index (χ0n) is 23.6. The number of aromatic amines is 2. The van der Waals surface area contributed by atoms with Crippen molar-refractivity contribution in [3.63, 3.8) is 0 Å². The molecule has 9 nitrogen and oxygen atoms in total. The van der Waals surface area contributed by atoms with Crippen LogP contribution in [0.5, 0.6) is 0 Å². The van der Waals surface area contributed by atoms with Crippen molar-refractivity contribution in [3.05, 3.63) is 79.0 Å². The zero-order valence-corrected chi connectivity index (χ0v) is 23.6. The second-order valence-corrected chi connectivity index (χ2v) is 10.5. The monoisotopic (exact) mass is 562 g/mol. The van der Waals surface area contributed by atoms with Gasteiger partial charge < -0.3 is 20.5 Å². The molecule has 4 N–H and O–H groups in total. The van der Waals surface area contributed by atoms with Crippen LogP contribution < -0.4 is 10.6 Å². The van der Waals surface area contributed by atoms with E-state index >= 15 is 0 Å². The van der Waals surface area contributed by atoms with E-state index in [4.69, 9.17) is 0 Å². The second-order valence-electron chi connectivity index (χ2n) is 10.5. The van der Waals surface area contributed by atoms with Gasteiger partial charge in [-0.2, -0.15) is 5.10 Å². The van der Waals surface area contributed by atoms with E-state index in [1.807, 2.05) is 57.4 Å². The smallest absolute Gasteiger partial charge is 0.224 e. The summed E-state index contributed by atoms with van der Waals surface area (Å²) in [6.07, 6.45) is 5.52. The first-order valence-electron chi connectivity index (χ1n) is 13.8. The summed E-state index contributed by atoms with van der Waals surface area (Å²) in [5.41, 5.74) is 7.91. The molecule has 10 heteroatoms. The number of halogens is 1. The van der Waals surface area contributed by atoms with E-state index < -0.39 is 0 Å². The molecule has 0 radical (unpaired) electrons. The molecule has 6 aromatic rings. The van der Waals surface area contributed by atoms with Crippen LogP contribution in [0.1, 0.15) is 13.3 Å². The Bertz CT molecular complexity index is 1910. The molecule has 0 atom stereocenters. The number of H-pyrrole nitrogens is 2. The molecule has 2 aromatic carbocycles. The molecule has 212 valence electrons. The number of nitrogens with one attached hydrogen (secondary N) is 4. The van der Waals surface area contributed by atoms with Crippen LogP contribution in [0.4, 0.5) is 15.8 Å². The van der Waals surface area contributed by atoms with Crippen molar-refractivity contribution in [1.29, 1.82) is 0 Å². The average molecular weight is 563 g/mol. The molecular weight excluding hydrogens is 531 g/mol. The highest BCUT2D eigenvalue weighted by atomic mass is 19.1. The summed E-state index contributed by atoms with van der Waals surface area (Å²) >= 11 is 0. The topological polar surface area (TPSA) is 115 Å². The molecule has 0 saturated heterocycles. The lowest BCUT2D eigenvalue weighted by atomic mass is 10.0. The first kappa shape index (κ1) is 27.1. The van der Waals surface area contributed by atoms with Crippen molar-refractivity contribution in [2.75, 3.05) is 37.8 Å². The average Bonchev–Trinajstić information content (AvgIpc) is 3.60. The van der Waals surface area contributed by atoms with Crippen molar-refractivity contribution in [2.24, 2.45) is 0 Å². The number of pyridine rings is 2. The van der Waals surface area contributed by atoms with Crippen LogP contribution >= 0.6 is 0 Å². The molecule has 6 rings (SSSR count). The van der Waals surface area contributed by atoms with Gasteiger partial charge in [0.15, 0.2) is 0 Å². The zero-order chi connectivity index (χ0) is 29.2. The molecule has 0 aliphatic rings. The van der Waals surface area contributed by atoms with E-state index in [1.165, 1.54) is 6.07 Å². The molecule has 0 spiro atoms. The van der Waals surface area contributed by atoms with Crippen LogP contribution in [0.2, 0.25) is 0 Å². The Labute approximate surface area is 242 Å². The number of rotatable bonds is 9. The van der Waals surface area contributed by atoms with Gasteiger partial charge in [0.05, 0.1) is 23.1 Å². The van der Waals surface area contributed by atoms with Gasteiger partial charge >= 0.3 is 0 Å². The van der Waals surface area contributed by atoms with Gasteiger partial charge in [-0.3, -0.25) is 14.9 Å². The van der Waals surface area contributed by atoms with Crippen LogP contribution in [0, 0.1) is 5.82 Å². The second kappa shape index (κ2) is 11.4. The Morgan fingerprint density at radius 2 is 1.81 bits per heavy atom. The molecule has 1 amide bonds. The van der Waals surface area contributed by atoms with Gasteiger partial charge in [-0.1, -0.05) is 13.0 Å². The molecule has 0 bridgehead atoms. The number of nitrogens with zero attached hydrogens (tertiary/aromatic N) is 4. The number of anilines is 2. The lowest BCUT2D eigenvalue weighted by Gasteiger charge is -2.13. The maximum atomic E-state index is 14.7. The molecule has 42 heavy (non-hydrogen) atoms. The third-order valence-corrected chi connectivity index (χ3v) is 7.12. The number of fused-ring (bicyclic) bond motifs is 2.